The number of nitrogens with one attached hydrogen (secondary N) is 1. The summed E-state index contributed by atoms with van der Waals surface area (Å²) in [5.74, 6) is -2.23. The molecule has 2 heterocycles. The summed E-state index contributed by atoms with van der Waals surface area (Å²) in [6, 6.07) is 8.83. The number of alkyl halides is 2. The Balaban J connectivity index is 1.60. The number of aromatic nitrogens is 1. The van der Waals surface area contributed by atoms with Crippen LogP contribution < -0.4 is 14.8 Å². The molecule has 0 saturated heterocycles. The highest BCUT2D eigenvalue weighted by Crippen LogP contribution is 2.44. The maximum Gasteiger partial charge on any atom is 0.586 e. The largest absolute Gasteiger partial charge is 0.586 e. The van der Waals surface area contributed by atoms with Gasteiger partial charge < -0.3 is 14.8 Å². The van der Waals surface area contributed by atoms with Gasteiger partial charge in [-0.15, -0.1) is 8.78 Å². The summed E-state index contributed by atoms with van der Waals surface area (Å²) in [7, 11) is 0. The maximum atomic E-state index is 13.9. The molecular weight excluding hydrogens is 376 g/mol. The van der Waals surface area contributed by atoms with Crippen LogP contribution in [0, 0.1) is 18.6 Å². The van der Waals surface area contributed by atoms with Gasteiger partial charge in [-0.2, -0.15) is 0 Å². The van der Waals surface area contributed by atoms with Gasteiger partial charge in [-0.3, -0.25) is 0 Å². The summed E-state index contributed by atoms with van der Waals surface area (Å²) in [4.78, 5) is 4.07. The number of nitrogens with zero attached hydrogens (tertiary/aromatic N) is 1. The highest BCUT2D eigenvalue weighted by Gasteiger charge is 2.43. The molecule has 2 aromatic carbocycles. The van der Waals surface area contributed by atoms with E-state index in [-0.39, 0.29) is 17.3 Å². The lowest BCUT2D eigenvalue weighted by Crippen LogP contribution is -2.25. The van der Waals surface area contributed by atoms with E-state index in [9.17, 15) is 17.6 Å². The standard InChI is InChI=1S/C20H14F4N2O2/c1-11-7-17-18(28-20(23,24)27-17)8-13(11)12-5-6-19(25-9-12)26-10-14-15(21)3-2-4-16(14)22/h2-9H,10H2,1H3,(H,25,26)/i10D2. The van der Waals surface area contributed by atoms with Gasteiger partial charge in [-0.1, -0.05) is 6.07 Å². The second-order valence-corrected chi connectivity index (χ2v) is 6.06. The van der Waals surface area contributed by atoms with E-state index in [2.05, 4.69) is 19.8 Å². The lowest BCUT2D eigenvalue weighted by atomic mass is 10.0. The minimum atomic E-state index is -3.73. The molecule has 0 radical (unpaired) electrons. The molecule has 8 heteroatoms. The number of rotatable bonds is 4. The highest BCUT2D eigenvalue weighted by molar-refractivity contribution is 5.71. The highest BCUT2D eigenvalue weighted by atomic mass is 19.3. The van der Waals surface area contributed by atoms with E-state index in [0.717, 1.165) is 18.2 Å². The molecule has 1 aromatic heterocycles. The van der Waals surface area contributed by atoms with Crippen LogP contribution in [0.1, 0.15) is 13.9 Å². The van der Waals surface area contributed by atoms with E-state index < -0.39 is 30.0 Å². The molecule has 0 saturated carbocycles. The molecule has 0 unspecified atom stereocenters. The predicted molar refractivity (Wildman–Crippen MR) is 94.3 cm³/mol. The predicted octanol–water partition coefficient (Wildman–Crippen LogP) is 5.27. The van der Waals surface area contributed by atoms with Crippen LogP contribution >= 0.6 is 0 Å². The minimum Gasteiger partial charge on any atom is -0.395 e. The third-order valence-electron chi connectivity index (χ3n) is 4.10. The van der Waals surface area contributed by atoms with Crippen molar-refractivity contribution in [3.05, 3.63) is 71.4 Å². The molecule has 0 bridgehead atoms. The second kappa shape index (κ2) is 6.70. The Hall–Kier alpha value is -3.29. The van der Waals surface area contributed by atoms with Crippen molar-refractivity contribution in [1.29, 1.82) is 0 Å². The van der Waals surface area contributed by atoms with Crippen LogP contribution in [0.4, 0.5) is 23.4 Å². The molecule has 4 nitrogen and oxygen atoms in total. The van der Waals surface area contributed by atoms with Gasteiger partial charge in [0.2, 0.25) is 0 Å². The zero-order valence-electron chi connectivity index (χ0n) is 16.4. The lowest BCUT2D eigenvalue weighted by molar-refractivity contribution is -0.286. The van der Waals surface area contributed by atoms with Gasteiger partial charge in [0.1, 0.15) is 17.5 Å². The van der Waals surface area contributed by atoms with Crippen LogP contribution in [0.5, 0.6) is 11.5 Å². The quantitative estimate of drug-likeness (QED) is 0.615. The number of pyridine rings is 1. The number of ether oxygens (including phenoxy) is 2. The van der Waals surface area contributed by atoms with Crippen LogP contribution in [-0.4, -0.2) is 11.3 Å². The fraction of sp³-hybridized carbons (Fsp3) is 0.150. The Bertz CT molecular complexity index is 1100. The van der Waals surface area contributed by atoms with Gasteiger partial charge in [-0.25, -0.2) is 13.8 Å². The van der Waals surface area contributed by atoms with Gasteiger partial charge >= 0.3 is 6.29 Å². The SMILES string of the molecule is [2H]C([2H])(Nc1ccc(-c2cc3c(cc2C)OC(F)(F)O3)cn1)c1c(F)cccc1F. The summed E-state index contributed by atoms with van der Waals surface area (Å²) in [6.07, 6.45) is -2.36. The fourth-order valence-corrected chi connectivity index (χ4v) is 2.78. The van der Waals surface area contributed by atoms with E-state index in [1.54, 1.807) is 13.0 Å². The van der Waals surface area contributed by atoms with Gasteiger partial charge in [0, 0.05) is 23.8 Å². The van der Waals surface area contributed by atoms with Crippen molar-refractivity contribution in [3.63, 3.8) is 0 Å². The van der Waals surface area contributed by atoms with Crippen molar-refractivity contribution in [1.82, 2.24) is 4.98 Å². The molecule has 28 heavy (non-hydrogen) atoms. The van der Waals surface area contributed by atoms with Gasteiger partial charge in [0.25, 0.3) is 0 Å². The van der Waals surface area contributed by atoms with Crippen molar-refractivity contribution in [2.45, 2.75) is 19.7 Å². The van der Waals surface area contributed by atoms with Crippen LogP contribution in [-0.2, 0) is 6.50 Å². The van der Waals surface area contributed by atoms with E-state index >= 15 is 0 Å². The Kier molecular flexibility index (Phi) is 3.77. The van der Waals surface area contributed by atoms with Gasteiger partial charge in [0.15, 0.2) is 11.5 Å². The number of hydrogen-bond donors (Lipinski definition) is 1. The van der Waals surface area contributed by atoms with Crippen LogP contribution in [0.25, 0.3) is 11.1 Å². The zero-order valence-corrected chi connectivity index (χ0v) is 14.4. The maximum absolute atomic E-state index is 13.9. The van der Waals surface area contributed by atoms with E-state index in [4.69, 9.17) is 2.74 Å². The average Bonchev–Trinajstić information content (AvgIpc) is 2.94. The molecule has 3 aromatic rings. The molecule has 1 aliphatic rings. The molecular formula is C20H14F4N2O2. The van der Waals surface area contributed by atoms with Crippen molar-refractivity contribution in [2.75, 3.05) is 5.32 Å². The Morgan fingerprint density at radius 2 is 1.75 bits per heavy atom. The Labute approximate surface area is 160 Å². The first-order valence-electron chi connectivity index (χ1n) is 9.15. The smallest absolute Gasteiger partial charge is 0.395 e. The van der Waals surface area contributed by atoms with E-state index in [1.165, 1.54) is 24.4 Å². The molecule has 4 rings (SSSR count). The zero-order chi connectivity index (χ0) is 21.7. The first kappa shape index (κ1) is 15.7. The Morgan fingerprint density at radius 3 is 2.39 bits per heavy atom. The number of anilines is 1. The summed E-state index contributed by atoms with van der Waals surface area (Å²) in [5, 5.41) is 2.36. The van der Waals surface area contributed by atoms with E-state index in [0.29, 0.717) is 16.7 Å². The molecule has 1 aliphatic heterocycles. The number of aryl methyl sites for hydroxylation is 1. The summed E-state index contributed by atoms with van der Waals surface area (Å²) in [6.45, 7) is -0.870. The van der Waals surface area contributed by atoms with Crippen LogP contribution in [0.15, 0.2) is 48.7 Å². The van der Waals surface area contributed by atoms with Crippen molar-refractivity contribution >= 4 is 5.82 Å². The molecule has 1 N–H and O–H groups in total. The van der Waals surface area contributed by atoms with Gasteiger partial charge in [0.05, 0.1) is 2.74 Å². The monoisotopic (exact) mass is 392 g/mol. The number of fused-ring (bicyclic) bond motifs is 1. The Morgan fingerprint density at radius 1 is 1.07 bits per heavy atom. The van der Waals surface area contributed by atoms with E-state index in [1.807, 2.05) is 0 Å². The molecule has 0 aliphatic carbocycles. The lowest BCUT2D eigenvalue weighted by Gasteiger charge is -2.10. The average molecular weight is 392 g/mol. The van der Waals surface area contributed by atoms with Crippen LogP contribution in [0.2, 0.25) is 0 Å². The summed E-state index contributed by atoms with van der Waals surface area (Å²) in [5.41, 5.74) is 0.958. The molecule has 0 amide bonds. The third kappa shape index (κ3) is 3.45. The first-order valence-corrected chi connectivity index (χ1v) is 8.15. The number of hydrogen-bond acceptors (Lipinski definition) is 4. The summed E-state index contributed by atoms with van der Waals surface area (Å²) < 4.78 is 79.2. The molecule has 144 valence electrons. The second-order valence-electron chi connectivity index (χ2n) is 6.06. The molecule has 0 fully saturated rings. The number of benzene rings is 2. The van der Waals surface area contributed by atoms with Crippen LogP contribution in [0.3, 0.4) is 0 Å². The fourth-order valence-electron chi connectivity index (χ4n) is 2.78. The summed E-state index contributed by atoms with van der Waals surface area (Å²) >= 11 is 0. The third-order valence-corrected chi connectivity index (χ3v) is 4.10. The topological polar surface area (TPSA) is 43.4 Å². The van der Waals surface area contributed by atoms with Gasteiger partial charge in [-0.05, 0) is 54.4 Å². The van der Waals surface area contributed by atoms with Crippen molar-refractivity contribution < 1.29 is 29.8 Å². The molecule has 0 atom stereocenters. The first-order chi connectivity index (χ1) is 14.1. The molecule has 0 spiro atoms. The normalized spacial score (nSPS) is 15.8. The van der Waals surface area contributed by atoms with Crippen molar-refractivity contribution in [2.24, 2.45) is 0 Å². The van der Waals surface area contributed by atoms with Crippen molar-refractivity contribution in [3.8, 4) is 22.6 Å². The minimum absolute atomic E-state index is 0.0244. The number of halogens is 4.